The van der Waals surface area contributed by atoms with Crippen LogP contribution in [0.1, 0.15) is 29.8 Å². The van der Waals surface area contributed by atoms with Gasteiger partial charge < -0.3 is 0 Å². The first-order chi connectivity index (χ1) is 10.8. The average Bonchev–Trinajstić information content (AvgIpc) is 2.86. The number of hydrogen-bond donors (Lipinski definition) is 0. The predicted octanol–water partition coefficient (Wildman–Crippen LogP) is 3.82. The van der Waals surface area contributed by atoms with Crippen molar-refractivity contribution in [3.8, 4) is 5.69 Å². The molecule has 1 heterocycles. The van der Waals surface area contributed by atoms with E-state index >= 15 is 0 Å². The summed E-state index contributed by atoms with van der Waals surface area (Å²) >= 11 is 0. The fraction of sp³-hybridized carbons (Fsp3) is 0.357. The van der Waals surface area contributed by atoms with Crippen molar-refractivity contribution in [2.45, 2.75) is 31.9 Å². The first-order valence-electron chi connectivity index (χ1n) is 6.91. The molecule has 9 heteroatoms. The minimum atomic E-state index is -4.62. The van der Waals surface area contributed by atoms with Crippen LogP contribution in [0, 0.1) is 15.9 Å². The van der Waals surface area contributed by atoms with Crippen molar-refractivity contribution in [1.82, 2.24) is 9.78 Å². The molecule has 5 nitrogen and oxygen atoms in total. The second-order valence-electron chi connectivity index (χ2n) is 5.28. The minimum Gasteiger partial charge on any atom is -0.258 e. The number of halogens is 4. The maximum absolute atomic E-state index is 14.1. The zero-order valence-corrected chi connectivity index (χ0v) is 11.7. The third-order valence-electron chi connectivity index (χ3n) is 3.82. The second-order valence-corrected chi connectivity index (χ2v) is 5.28. The number of alkyl halides is 3. The van der Waals surface area contributed by atoms with Gasteiger partial charge in [0.15, 0.2) is 11.5 Å². The Morgan fingerprint density at radius 2 is 1.91 bits per heavy atom. The van der Waals surface area contributed by atoms with E-state index < -0.39 is 28.3 Å². The van der Waals surface area contributed by atoms with E-state index in [9.17, 15) is 27.7 Å². The molecule has 0 amide bonds. The number of aromatic nitrogens is 2. The molecule has 23 heavy (non-hydrogen) atoms. The van der Waals surface area contributed by atoms with Crippen molar-refractivity contribution < 1.29 is 22.5 Å². The van der Waals surface area contributed by atoms with E-state index in [0.29, 0.717) is 31.0 Å². The summed E-state index contributed by atoms with van der Waals surface area (Å²) in [5.41, 5.74) is -1.30. The van der Waals surface area contributed by atoms with Gasteiger partial charge in [-0.25, -0.2) is 9.07 Å². The van der Waals surface area contributed by atoms with Gasteiger partial charge in [-0.05, 0) is 31.7 Å². The lowest BCUT2D eigenvalue weighted by Crippen LogP contribution is -2.11. The summed E-state index contributed by atoms with van der Waals surface area (Å²) in [5, 5.41) is 14.2. The third kappa shape index (κ3) is 2.66. The van der Waals surface area contributed by atoms with Crippen LogP contribution < -0.4 is 0 Å². The second kappa shape index (κ2) is 5.32. The minimum absolute atomic E-state index is 0.0847. The maximum Gasteiger partial charge on any atom is 0.435 e. The van der Waals surface area contributed by atoms with E-state index in [1.807, 2.05) is 0 Å². The predicted molar refractivity (Wildman–Crippen MR) is 71.8 cm³/mol. The van der Waals surface area contributed by atoms with Crippen LogP contribution in [0.3, 0.4) is 0 Å². The average molecular weight is 329 g/mol. The summed E-state index contributed by atoms with van der Waals surface area (Å²) in [7, 11) is 0. The number of nitro groups is 1. The Bertz CT molecular complexity index is 783. The third-order valence-corrected chi connectivity index (χ3v) is 3.82. The fourth-order valence-electron chi connectivity index (χ4n) is 2.81. The Kier molecular flexibility index (Phi) is 3.57. The summed E-state index contributed by atoms with van der Waals surface area (Å²) in [6.45, 7) is 0. The molecule has 0 unspecified atom stereocenters. The molecule has 0 N–H and O–H groups in total. The number of nitro benzene ring substituents is 1. The number of hydrogen-bond acceptors (Lipinski definition) is 3. The molecule has 0 bridgehead atoms. The van der Waals surface area contributed by atoms with E-state index in [2.05, 4.69) is 5.10 Å². The van der Waals surface area contributed by atoms with Gasteiger partial charge in [0.1, 0.15) is 5.69 Å². The maximum atomic E-state index is 14.1. The molecule has 0 saturated carbocycles. The van der Waals surface area contributed by atoms with E-state index in [1.54, 1.807) is 0 Å². The highest BCUT2D eigenvalue weighted by Gasteiger charge is 2.40. The normalized spacial score (nSPS) is 14.6. The zero-order chi connectivity index (χ0) is 16.8. The van der Waals surface area contributed by atoms with Gasteiger partial charge in [-0.2, -0.15) is 18.3 Å². The molecule has 1 aromatic heterocycles. The van der Waals surface area contributed by atoms with Gasteiger partial charge in [0.05, 0.1) is 11.0 Å². The van der Waals surface area contributed by atoms with Gasteiger partial charge in [0.25, 0.3) is 5.69 Å². The quantitative estimate of drug-likeness (QED) is 0.478. The van der Waals surface area contributed by atoms with Crippen molar-refractivity contribution >= 4 is 5.69 Å². The van der Waals surface area contributed by atoms with Gasteiger partial charge in [0, 0.05) is 17.3 Å². The van der Waals surface area contributed by atoms with Gasteiger partial charge in [-0.15, -0.1) is 0 Å². The Morgan fingerprint density at radius 3 is 2.52 bits per heavy atom. The largest absolute Gasteiger partial charge is 0.435 e. The molecule has 0 aliphatic heterocycles. The van der Waals surface area contributed by atoms with Crippen molar-refractivity contribution in [2.24, 2.45) is 0 Å². The molecule has 0 spiro atoms. The zero-order valence-electron chi connectivity index (χ0n) is 11.7. The van der Waals surface area contributed by atoms with E-state index in [-0.39, 0.29) is 17.7 Å². The van der Waals surface area contributed by atoms with Crippen molar-refractivity contribution in [1.29, 1.82) is 0 Å². The Morgan fingerprint density at radius 1 is 1.22 bits per heavy atom. The topological polar surface area (TPSA) is 61.0 Å². The fourth-order valence-corrected chi connectivity index (χ4v) is 2.81. The number of nitrogens with zero attached hydrogens (tertiary/aromatic N) is 3. The van der Waals surface area contributed by atoms with E-state index in [0.717, 1.165) is 16.8 Å². The highest BCUT2D eigenvalue weighted by atomic mass is 19.4. The molecule has 0 atom stereocenters. The first kappa shape index (κ1) is 15.4. The van der Waals surface area contributed by atoms with Crippen LogP contribution in [0.4, 0.5) is 23.2 Å². The Hall–Kier alpha value is -2.45. The molecule has 0 fully saturated rings. The lowest BCUT2D eigenvalue weighted by atomic mass is 9.95. The molecule has 0 saturated heterocycles. The number of rotatable bonds is 2. The summed E-state index contributed by atoms with van der Waals surface area (Å²) < 4.78 is 54.4. The molecule has 1 aromatic carbocycles. The highest BCUT2D eigenvalue weighted by Crippen LogP contribution is 2.37. The summed E-state index contributed by atoms with van der Waals surface area (Å²) in [6.07, 6.45) is -2.73. The van der Waals surface area contributed by atoms with Crippen LogP contribution in [0.2, 0.25) is 0 Å². The van der Waals surface area contributed by atoms with Crippen LogP contribution >= 0.6 is 0 Å². The molecule has 2 aromatic rings. The monoisotopic (exact) mass is 329 g/mol. The van der Waals surface area contributed by atoms with Crippen molar-refractivity contribution in [3.05, 3.63) is 51.1 Å². The molecular weight excluding hydrogens is 318 g/mol. The highest BCUT2D eigenvalue weighted by molar-refractivity contribution is 5.45. The van der Waals surface area contributed by atoms with Crippen molar-refractivity contribution in [2.75, 3.05) is 0 Å². The van der Waals surface area contributed by atoms with Crippen LogP contribution in [0.5, 0.6) is 0 Å². The molecule has 122 valence electrons. The lowest BCUT2D eigenvalue weighted by Gasteiger charge is -2.14. The molecular formula is C14H11F4N3O2. The first-order valence-corrected chi connectivity index (χ1v) is 6.91. The standard InChI is InChI=1S/C14H11F4N3O2/c15-10-7-8(21(22)23)5-6-12(10)20-11-4-2-1-3-9(11)13(19-20)14(16,17)18/h5-7H,1-4H2. The van der Waals surface area contributed by atoms with Crippen LogP contribution in [0.25, 0.3) is 5.69 Å². The van der Waals surface area contributed by atoms with Crippen LogP contribution in [-0.2, 0) is 19.0 Å². The van der Waals surface area contributed by atoms with Crippen molar-refractivity contribution in [3.63, 3.8) is 0 Å². The number of benzene rings is 1. The van der Waals surface area contributed by atoms with Gasteiger partial charge in [0.2, 0.25) is 0 Å². The van der Waals surface area contributed by atoms with Crippen LogP contribution in [0.15, 0.2) is 18.2 Å². The van der Waals surface area contributed by atoms with Gasteiger partial charge in [-0.3, -0.25) is 10.1 Å². The SMILES string of the molecule is O=[N+]([O-])c1ccc(-n2nc(C(F)(F)F)c3c2CCCC3)c(F)c1. The van der Waals surface area contributed by atoms with Gasteiger partial charge in [-0.1, -0.05) is 0 Å². The smallest absolute Gasteiger partial charge is 0.258 e. The Labute approximate surface area is 127 Å². The van der Waals surface area contributed by atoms with E-state index in [1.165, 1.54) is 0 Å². The lowest BCUT2D eigenvalue weighted by molar-refractivity contribution is -0.385. The summed E-state index contributed by atoms with van der Waals surface area (Å²) in [5.74, 6) is -0.983. The molecule has 1 aliphatic carbocycles. The molecule has 1 aliphatic rings. The summed E-state index contributed by atoms with van der Waals surface area (Å²) in [4.78, 5) is 9.87. The van der Waals surface area contributed by atoms with Crippen LogP contribution in [-0.4, -0.2) is 14.7 Å². The molecule has 0 radical (unpaired) electrons. The summed E-state index contributed by atoms with van der Waals surface area (Å²) in [6, 6.07) is 2.80. The Balaban J connectivity index is 2.17. The van der Waals surface area contributed by atoms with Gasteiger partial charge >= 0.3 is 6.18 Å². The van der Waals surface area contributed by atoms with E-state index in [4.69, 9.17) is 0 Å². The molecule has 3 rings (SSSR count). The number of fused-ring (bicyclic) bond motifs is 1. The number of non-ortho nitro benzene ring substituents is 1.